The van der Waals surface area contributed by atoms with Crippen molar-refractivity contribution in [2.75, 3.05) is 31.1 Å². The number of sulfonamides is 1. The molecule has 1 saturated heterocycles. The van der Waals surface area contributed by atoms with E-state index in [-0.39, 0.29) is 5.82 Å². The molecule has 176 valence electrons. The number of hydrogen-bond donors (Lipinski definition) is 0. The van der Waals surface area contributed by atoms with Crippen LogP contribution in [-0.4, -0.2) is 43.9 Å². The lowest BCUT2D eigenvalue weighted by atomic mass is 10.0. The number of aromatic nitrogens is 1. The molecule has 9 heteroatoms. The minimum Gasteiger partial charge on any atom is -0.345 e. The van der Waals surface area contributed by atoms with Crippen molar-refractivity contribution in [2.45, 2.75) is 39.0 Å². The van der Waals surface area contributed by atoms with Gasteiger partial charge in [0.05, 0.1) is 10.6 Å². The molecule has 2 aromatic carbocycles. The van der Waals surface area contributed by atoms with Gasteiger partial charge in [-0.25, -0.2) is 17.8 Å². The zero-order valence-corrected chi connectivity index (χ0v) is 21.5. The maximum absolute atomic E-state index is 13.6. The lowest BCUT2D eigenvalue weighted by molar-refractivity contribution is 0.384. The standard InChI is InChI=1S/C24H27ClFN3O2S2/c1-15-9-16(2)18(4)23(17(15)3)33(30,31)29-7-5-28(6-8-29)24-27-22(14-32-24)12-19-10-20(25)13-21(26)11-19/h9-11,13-14H,5-8,12H2,1-4H3. The predicted octanol–water partition coefficient (Wildman–Crippen LogP) is 5.27. The Bertz CT molecular complexity index is 1250. The highest BCUT2D eigenvalue weighted by molar-refractivity contribution is 7.89. The van der Waals surface area contributed by atoms with Gasteiger partial charge in [-0.05, 0) is 73.7 Å². The molecule has 1 aromatic heterocycles. The monoisotopic (exact) mass is 507 g/mol. The van der Waals surface area contributed by atoms with Crippen molar-refractivity contribution in [2.24, 2.45) is 0 Å². The number of nitrogens with zero attached hydrogens (tertiary/aromatic N) is 3. The largest absolute Gasteiger partial charge is 0.345 e. The van der Waals surface area contributed by atoms with E-state index in [2.05, 4.69) is 4.90 Å². The van der Waals surface area contributed by atoms with Crippen molar-refractivity contribution in [1.29, 1.82) is 0 Å². The summed E-state index contributed by atoms with van der Waals surface area (Å²) in [5, 5.41) is 3.18. The molecule has 5 nitrogen and oxygen atoms in total. The molecule has 0 bridgehead atoms. The second-order valence-electron chi connectivity index (χ2n) is 8.56. The van der Waals surface area contributed by atoms with E-state index in [1.165, 1.54) is 23.5 Å². The van der Waals surface area contributed by atoms with E-state index in [0.717, 1.165) is 38.6 Å². The number of hydrogen-bond acceptors (Lipinski definition) is 5. The SMILES string of the molecule is Cc1cc(C)c(C)c(S(=O)(=O)N2CCN(c3nc(Cc4cc(F)cc(Cl)c4)cs3)CC2)c1C. The summed E-state index contributed by atoms with van der Waals surface area (Å²) in [5.41, 5.74) is 5.24. The van der Waals surface area contributed by atoms with Crippen LogP contribution < -0.4 is 4.90 Å². The Morgan fingerprint density at radius 2 is 1.64 bits per heavy atom. The Hall–Kier alpha value is -2.00. The van der Waals surface area contributed by atoms with Crippen molar-refractivity contribution in [3.8, 4) is 0 Å². The third-order valence-corrected chi connectivity index (χ3v) is 9.59. The van der Waals surface area contributed by atoms with Crippen LogP contribution in [0.2, 0.25) is 5.02 Å². The van der Waals surface area contributed by atoms with Crippen LogP contribution in [0.1, 0.15) is 33.5 Å². The van der Waals surface area contributed by atoms with E-state index in [4.69, 9.17) is 16.6 Å². The second kappa shape index (κ2) is 9.33. The van der Waals surface area contributed by atoms with Crippen LogP contribution in [0.4, 0.5) is 9.52 Å². The highest BCUT2D eigenvalue weighted by atomic mass is 35.5. The first-order chi connectivity index (χ1) is 15.6. The van der Waals surface area contributed by atoms with Crippen LogP contribution in [0, 0.1) is 33.5 Å². The maximum atomic E-state index is 13.6. The Morgan fingerprint density at radius 1 is 1.00 bits per heavy atom. The van der Waals surface area contributed by atoms with Crippen LogP contribution in [0.3, 0.4) is 0 Å². The molecule has 0 amide bonds. The van der Waals surface area contributed by atoms with E-state index in [1.54, 1.807) is 10.4 Å². The number of halogens is 2. The molecule has 0 spiro atoms. The van der Waals surface area contributed by atoms with Crippen LogP contribution in [0.15, 0.2) is 34.5 Å². The van der Waals surface area contributed by atoms with Gasteiger partial charge in [-0.15, -0.1) is 11.3 Å². The van der Waals surface area contributed by atoms with E-state index < -0.39 is 10.0 Å². The smallest absolute Gasteiger partial charge is 0.243 e. The zero-order valence-electron chi connectivity index (χ0n) is 19.2. The number of anilines is 1. The minimum atomic E-state index is -3.58. The Balaban J connectivity index is 1.47. The van der Waals surface area contributed by atoms with Gasteiger partial charge in [-0.2, -0.15) is 4.31 Å². The molecule has 3 aromatic rings. The fourth-order valence-corrected chi connectivity index (χ4v) is 7.38. The Kier molecular flexibility index (Phi) is 6.82. The summed E-state index contributed by atoms with van der Waals surface area (Å²) in [5.74, 6) is -0.362. The zero-order chi connectivity index (χ0) is 23.9. The normalized spacial score (nSPS) is 15.3. The number of piperazine rings is 1. The molecule has 0 unspecified atom stereocenters. The predicted molar refractivity (Wildman–Crippen MR) is 133 cm³/mol. The van der Waals surface area contributed by atoms with E-state index in [9.17, 15) is 12.8 Å². The quantitative estimate of drug-likeness (QED) is 0.472. The molecular weight excluding hydrogens is 481 g/mol. The molecule has 1 fully saturated rings. The van der Waals surface area contributed by atoms with E-state index in [1.807, 2.05) is 39.1 Å². The summed E-state index contributed by atoms with van der Waals surface area (Å²) in [6, 6.07) is 6.53. The molecule has 4 rings (SSSR count). The first-order valence-electron chi connectivity index (χ1n) is 10.8. The van der Waals surface area contributed by atoms with Crippen molar-refractivity contribution >= 4 is 38.1 Å². The first kappa shape index (κ1) is 24.1. The molecule has 1 aliphatic heterocycles. The van der Waals surface area contributed by atoms with Crippen molar-refractivity contribution in [3.63, 3.8) is 0 Å². The molecule has 33 heavy (non-hydrogen) atoms. The fraction of sp³-hybridized carbons (Fsp3) is 0.375. The highest BCUT2D eigenvalue weighted by Gasteiger charge is 2.32. The van der Waals surface area contributed by atoms with Crippen molar-refractivity contribution < 1.29 is 12.8 Å². The highest BCUT2D eigenvalue weighted by Crippen LogP contribution is 2.30. The molecular formula is C24H27ClFN3O2S2. The molecule has 0 radical (unpaired) electrons. The van der Waals surface area contributed by atoms with Gasteiger partial charge in [0.1, 0.15) is 5.82 Å². The van der Waals surface area contributed by atoms with Crippen molar-refractivity contribution in [1.82, 2.24) is 9.29 Å². The topological polar surface area (TPSA) is 53.5 Å². The van der Waals surface area contributed by atoms with Crippen LogP contribution >= 0.6 is 22.9 Å². The maximum Gasteiger partial charge on any atom is 0.243 e. The summed E-state index contributed by atoms with van der Waals surface area (Å²) in [4.78, 5) is 7.25. The first-order valence-corrected chi connectivity index (χ1v) is 13.5. The number of thiazole rings is 1. The van der Waals surface area contributed by atoms with Crippen molar-refractivity contribution in [3.05, 3.63) is 74.0 Å². The van der Waals surface area contributed by atoms with Gasteiger partial charge in [0.2, 0.25) is 10.0 Å². The average molecular weight is 508 g/mol. The van der Waals surface area contributed by atoms with E-state index in [0.29, 0.717) is 42.5 Å². The minimum absolute atomic E-state index is 0.362. The molecule has 0 aliphatic carbocycles. The van der Waals surface area contributed by atoms with Gasteiger partial charge < -0.3 is 4.90 Å². The molecule has 2 heterocycles. The molecule has 1 aliphatic rings. The van der Waals surface area contributed by atoms with Gasteiger partial charge >= 0.3 is 0 Å². The number of rotatable bonds is 5. The van der Waals surface area contributed by atoms with Gasteiger partial charge in [0, 0.05) is 43.0 Å². The van der Waals surface area contributed by atoms with Crippen LogP contribution in [0.25, 0.3) is 0 Å². The molecule has 0 atom stereocenters. The van der Waals surface area contributed by atoms with E-state index >= 15 is 0 Å². The van der Waals surface area contributed by atoms with Gasteiger partial charge in [-0.3, -0.25) is 0 Å². The summed E-state index contributed by atoms with van der Waals surface area (Å²) in [6.07, 6.45) is 0.494. The van der Waals surface area contributed by atoms with Gasteiger partial charge in [0.15, 0.2) is 5.13 Å². The summed E-state index contributed by atoms with van der Waals surface area (Å²) in [6.45, 7) is 9.63. The molecule has 0 N–H and O–H groups in total. The summed E-state index contributed by atoms with van der Waals surface area (Å²) < 4.78 is 42.2. The summed E-state index contributed by atoms with van der Waals surface area (Å²) in [7, 11) is -3.58. The van der Waals surface area contributed by atoms with Gasteiger partial charge in [-0.1, -0.05) is 17.7 Å². The fourth-order valence-electron chi connectivity index (χ4n) is 4.26. The number of benzene rings is 2. The third-order valence-electron chi connectivity index (χ3n) is 6.25. The lowest BCUT2D eigenvalue weighted by Crippen LogP contribution is -2.49. The average Bonchev–Trinajstić information content (AvgIpc) is 3.20. The second-order valence-corrected chi connectivity index (χ2v) is 11.7. The Morgan fingerprint density at radius 3 is 2.24 bits per heavy atom. The van der Waals surface area contributed by atoms with Gasteiger partial charge in [0.25, 0.3) is 0 Å². The molecule has 0 saturated carbocycles. The number of aryl methyl sites for hydroxylation is 2. The lowest BCUT2D eigenvalue weighted by Gasteiger charge is -2.34. The van der Waals surface area contributed by atoms with Crippen LogP contribution in [-0.2, 0) is 16.4 Å². The Labute approximate surface area is 203 Å². The van der Waals surface area contributed by atoms with Crippen LogP contribution in [0.5, 0.6) is 0 Å². The third kappa shape index (κ3) is 4.94. The summed E-state index contributed by atoms with van der Waals surface area (Å²) >= 11 is 7.47.